The number of hydrazine groups is 4. The Labute approximate surface area is 653 Å². The Kier molecular flexibility index (Phi) is 25.9. The Morgan fingerprint density at radius 2 is 0.868 bits per heavy atom. The lowest BCUT2D eigenvalue weighted by Crippen LogP contribution is -2.25. The highest BCUT2D eigenvalue weighted by atomic mass is 16.6. The van der Waals surface area contributed by atoms with Crippen molar-refractivity contribution in [3.63, 3.8) is 0 Å². The SMILES string of the molecule is CC(=O)N(C)c1cc([N+](=O)[O-])ccc1Oc1cc(C(=O)NCCCCOc2ccc(C)cc2C)c(O)c2ccccc12.CC(=O)N(C)c1cc([N+](=O)[O-])ccc1Oc1cc(C(=O)Nc2ccccc2C)c(O)c2ccccc12.O=C(Oc1ccccc1)c1ccc2c(c1)NNN2.O=C(Oc1ccccc1)c1ccc2c(c1)NNN2. The highest BCUT2D eigenvalue weighted by Crippen LogP contribution is 2.44. The van der Waals surface area contributed by atoms with Crippen LogP contribution in [0, 0.1) is 41.0 Å². The Morgan fingerprint density at radius 1 is 0.439 bits per heavy atom. The van der Waals surface area contributed by atoms with Crippen LogP contribution < -0.4 is 76.9 Å². The summed E-state index contributed by atoms with van der Waals surface area (Å²) in [6.45, 7) is 9.41. The first kappa shape index (κ1) is 79.9. The van der Waals surface area contributed by atoms with E-state index in [4.69, 9.17) is 23.7 Å². The summed E-state index contributed by atoms with van der Waals surface area (Å²) in [5.41, 5.74) is 25.1. The van der Waals surface area contributed by atoms with E-state index in [9.17, 15) is 59.2 Å². The minimum atomic E-state index is -0.564. The van der Waals surface area contributed by atoms with Gasteiger partial charge in [-0.15, -0.1) is 11.1 Å². The third-order valence-electron chi connectivity index (χ3n) is 17.9. The van der Waals surface area contributed by atoms with Crippen molar-refractivity contribution in [1.82, 2.24) is 16.4 Å². The van der Waals surface area contributed by atoms with Crippen LogP contribution in [0.4, 0.5) is 51.2 Å². The van der Waals surface area contributed by atoms with Crippen molar-refractivity contribution in [2.75, 3.05) is 64.1 Å². The number of nitro groups is 2. The standard InChI is InChI=1S/C32H33N3O7.C27H23N3O6.2C13H11N3O2/c1-20-11-13-28(21(2)17-20)41-16-8-7-15-33-32(38)26-19-30(24-9-5-6-10-25(24)31(26)37)42-29-14-12-23(35(39)40)18-27(29)34(4)22(3)36;1-16-8-4-7-11-22(16)28-27(33)21-15-25(19-9-5-6-10-20(19)26(21)32)36-24-13-12-18(30(34)35)14-23(24)29(3)17(2)31;2*17-13(18-10-4-2-1-3-5-10)9-6-7-11-12(8-9)15-16-14-11/h5-6,9-14,17-19,37H,7-8,15-16H2,1-4H3,(H,33,38);4-15,32H,1-3H3,(H,28,33);2*1-8,14-16H. The predicted octanol–water partition coefficient (Wildman–Crippen LogP) is 16.5. The van der Waals surface area contributed by atoms with Crippen molar-refractivity contribution in [2.45, 2.75) is 47.5 Å². The van der Waals surface area contributed by atoms with Gasteiger partial charge in [0.2, 0.25) is 11.8 Å². The number of ether oxygens (including phenoxy) is 5. The molecule has 2 aliphatic rings. The molecule has 29 heteroatoms. The second-order valence-corrected chi connectivity index (χ2v) is 25.8. The number of carbonyl (C=O) groups is 6. The van der Waals surface area contributed by atoms with Crippen LogP contribution in [0.3, 0.4) is 0 Å². The van der Waals surface area contributed by atoms with Crippen molar-refractivity contribution in [2.24, 2.45) is 0 Å². The molecule has 4 amide bonds. The van der Waals surface area contributed by atoms with Gasteiger partial charge in [-0.25, -0.2) is 9.59 Å². The normalized spacial score (nSPS) is 11.2. The molecule has 114 heavy (non-hydrogen) atoms. The number of aryl methyl sites for hydroxylation is 3. The molecule has 0 fully saturated rings. The number of amides is 4. The lowest BCUT2D eigenvalue weighted by atomic mass is 10.0. The maximum Gasteiger partial charge on any atom is 0.343 e. The third kappa shape index (κ3) is 19.8. The molecular weight excluding hydrogens is 1460 g/mol. The summed E-state index contributed by atoms with van der Waals surface area (Å²) in [7, 11) is 2.96. The quantitative estimate of drug-likeness (QED) is 0.0105. The van der Waals surface area contributed by atoms with E-state index in [2.05, 4.69) is 49.5 Å². The number of hydrogen-bond acceptors (Lipinski definition) is 23. The highest BCUT2D eigenvalue weighted by molar-refractivity contribution is 6.12. The number of fused-ring (bicyclic) bond motifs is 4. The predicted molar refractivity (Wildman–Crippen MR) is 434 cm³/mol. The Morgan fingerprint density at radius 3 is 1.32 bits per heavy atom. The molecule has 0 saturated carbocycles. The first-order valence-electron chi connectivity index (χ1n) is 35.5. The van der Waals surface area contributed by atoms with Gasteiger partial charge >= 0.3 is 11.9 Å². The number of nitrogens with one attached hydrogen (secondary N) is 8. The molecule has 0 aromatic heterocycles. The van der Waals surface area contributed by atoms with Gasteiger partial charge < -0.3 is 76.0 Å². The number of hydrogen-bond donors (Lipinski definition) is 10. The van der Waals surface area contributed by atoms with E-state index in [1.165, 1.54) is 91.8 Å². The molecule has 14 rings (SSSR count). The van der Waals surface area contributed by atoms with Crippen LogP contribution in [-0.2, 0) is 9.59 Å². The maximum absolute atomic E-state index is 13.2. The molecule has 580 valence electrons. The van der Waals surface area contributed by atoms with Crippen LogP contribution in [0.2, 0.25) is 0 Å². The smallest absolute Gasteiger partial charge is 0.343 e. The topological polar surface area (TPSA) is 378 Å². The van der Waals surface area contributed by atoms with Gasteiger partial charge in [-0.05, 0) is 142 Å². The van der Waals surface area contributed by atoms with Crippen molar-refractivity contribution in [1.29, 1.82) is 0 Å². The number of carbonyl (C=O) groups excluding carboxylic acids is 6. The average Bonchev–Trinajstić information content (AvgIpc) is 0.984. The number of nitro benzene ring substituents is 2. The molecular formula is C85H78N12O17. The molecule has 0 atom stereocenters. The molecule has 29 nitrogen and oxygen atoms in total. The fraction of sp³-hybridized carbons (Fsp3) is 0.129. The number of phenolic OH excluding ortho intramolecular Hbond substituents is 2. The molecule has 0 radical (unpaired) electrons. The number of esters is 2. The van der Waals surface area contributed by atoms with E-state index in [1.54, 1.807) is 109 Å². The van der Waals surface area contributed by atoms with Crippen LogP contribution in [0.5, 0.6) is 51.7 Å². The largest absolute Gasteiger partial charge is 0.506 e. The summed E-state index contributed by atoms with van der Waals surface area (Å²) in [4.78, 5) is 98.3. The molecule has 2 aliphatic heterocycles. The number of phenols is 2. The molecule has 2 heterocycles. The van der Waals surface area contributed by atoms with Crippen LogP contribution >= 0.6 is 0 Å². The minimum Gasteiger partial charge on any atom is -0.506 e. The van der Waals surface area contributed by atoms with Crippen molar-refractivity contribution in [3.8, 4) is 51.7 Å². The summed E-state index contributed by atoms with van der Waals surface area (Å²) in [6, 6.07) is 66.1. The van der Waals surface area contributed by atoms with Gasteiger partial charge in [0.05, 0.1) is 72.8 Å². The highest BCUT2D eigenvalue weighted by Gasteiger charge is 2.26. The van der Waals surface area contributed by atoms with Gasteiger partial charge in [0.15, 0.2) is 11.5 Å². The van der Waals surface area contributed by atoms with Gasteiger partial charge in [-0.1, -0.05) is 121 Å². The summed E-state index contributed by atoms with van der Waals surface area (Å²) in [5.74, 6) is -0.183. The number of aromatic hydroxyl groups is 2. The van der Waals surface area contributed by atoms with Crippen LogP contribution in [0.1, 0.15) is 84.8 Å². The second-order valence-electron chi connectivity index (χ2n) is 25.8. The monoisotopic (exact) mass is 1540 g/mol. The molecule has 0 spiro atoms. The van der Waals surface area contributed by atoms with Crippen LogP contribution in [0.25, 0.3) is 21.5 Å². The van der Waals surface area contributed by atoms with E-state index < -0.39 is 21.7 Å². The summed E-state index contributed by atoms with van der Waals surface area (Å²) in [5, 5.41) is 52.0. The molecule has 10 N–H and O–H groups in total. The summed E-state index contributed by atoms with van der Waals surface area (Å²) < 4.78 is 28.7. The molecule has 0 bridgehead atoms. The number of anilines is 7. The zero-order valence-electron chi connectivity index (χ0n) is 62.7. The zero-order valence-corrected chi connectivity index (χ0v) is 62.7. The molecule has 0 saturated heterocycles. The summed E-state index contributed by atoms with van der Waals surface area (Å²) in [6.07, 6.45) is 1.39. The van der Waals surface area contributed by atoms with E-state index in [0.717, 1.165) is 46.0 Å². The van der Waals surface area contributed by atoms with E-state index in [1.807, 2.05) is 93.6 Å². The fourth-order valence-electron chi connectivity index (χ4n) is 11.7. The first-order valence-corrected chi connectivity index (χ1v) is 35.5. The van der Waals surface area contributed by atoms with Crippen LogP contribution in [-0.4, -0.2) is 82.9 Å². The van der Waals surface area contributed by atoms with E-state index in [0.29, 0.717) is 69.4 Å². The average molecular weight is 1540 g/mol. The van der Waals surface area contributed by atoms with E-state index in [-0.39, 0.29) is 92.1 Å². The third-order valence-corrected chi connectivity index (χ3v) is 17.9. The number of unbranched alkanes of at least 4 members (excludes halogenated alkanes) is 1. The molecule has 12 aromatic rings. The Balaban J connectivity index is 0.000000159. The van der Waals surface area contributed by atoms with Gasteiger partial charge in [0.25, 0.3) is 23.2 Å². The molecule has 12 aromatic carbocycles. The lowest BCUT2D eigenvalue weighted by molar-refractivity contribution is -0.385. The molecule has 0 unspecified atom stereocenters. The van der Waals surface area contributed by atoms with Gasteiger partial charge in [-0.3, -0.25) is 39.4 Å². The van der Waals surface area contributed by atoms with Crippen LogP contribution in [0.15, 0.2) is 237 Å². The number of non-ortho nitro benzene ring substituents is 2. The first-order chi connectivity index (χ1) is 54.9. The fourth-order valence-corrected chi connectivity index (χ4v) is 11.7. The van der Waals surface area contributed by atoms with Gasteiger partial charge in [-0.2, -0.15) is 0 Å². The lowest BCUT2D eigenvalue weighted by Gasteiger charge is -2.20. The Bertz CT molecular complexity index is 5530. The number of nitrogens with zero attached hydrogens (tertiary/aromatic N) is 4. The second kappa shape index (κ2) is 36.9. The van der Waals surface area contributed by atoms with Crippen molar-refractivity contribution < 1.29 is 72.5 Å². The van der Waals surface area contributed by atoms with Gasteiger partial charge in [0.1, 0.15) is 40.2 Å². The number of para-hydroxylation sites is 3. The number of rotatable bonds is 21. The number of benzene rings is 12. The van der Waals surface area contributed by atoms with E-state index >= 15 is 0 Å². The maximum atomic E-state index is 13.2. The summed E-state index contributed by atoms with van der Waals surface area (Å²) >= 11 is 0. The zero-order chi connectivity index (χ0) is 81.1. The van der Waals surface area contributed by atoms with Crippen molar-refractivity contribution >= 4 is 108 Å². The van der Waals surface area contributed by atoms with Crippen molar-refractivity contribution in [3.05, 3.63) is 296 Å². The minimum absolute atomic E-state index is 0.0126. The molecule has 0 aliphatic carbocycles. The Hall–Kier alpha value is -15.1. The van der Waals surface area contributed by atoms with Gasteiger partial charge in [0, 0.05) is 86.0 Å².